The van der Waals surface area contributed by atoms with Crippen molar-refractivity contribution >= 4 is 45.1 Å². The molecule has 3 rings (SSSR count). The summed E-state index contributed by atoms with van der Waals surface area (Å²) in [5.41, 5.74) is 1.76. The normalized spacial score (nSPS) is 16.2. The van der Waals surface area contributed by atoms with E-state index in [2.05, 4.69) is 21.2 Å². The van der Waals surface area contributed by atoms with Crippen molar-refractivity contribution in [2.24, 2.45) is 5.92 Å². The molecule has 8 heteroatoms. The van der Waals surface area contributed by atoms with E-state index in [0.29, 0.717) is 15.9 Å². The van der Waals surface area contributed by atoms with Crippen LogP contribution in [0.15, 0.2) is 40.9 Å². The van der Waals surface area contributed by atoms with Crippen molar-refractivity contribution < 1.29 is 24.2 Å². The van der Waals surface area contributed by atoms with E-state index >= 15 is 0 Å². The highest BCUT2D eigenvalue weighted by atomic mass is 79.9. The molecule has 1 aliphatic rings. The number of hydrogen-bond donors (Lipinski definition) is 2. The third-order valence-electron chi connectivity index (χ3n) is 4.59. The summed E-state index contributed by atoms with van der Waals surface area (Å²) < 4.78 is 5.94. The van der Waals surface area contributed by atoms with Crippen LogP contribution in [0.25, 0.3) is 0 Å². The van der Waals surface area contributed by atoms with Crippen molar-refractivity contribution in [1.29, 1.82) is 0 Å². The van der Waals surface area contributed by atoms with Crippen LogP contribution in [0.3, 0.4) is 0 Å². The van der Waals surface area contributed by atoms with Crippen LogP contribution in [-0.4, -0.2) is 36.5 Å². The summed E-state index contributed by atoms with van der Waals surface area (Å²) in [6.07, 6.45) is 0.0435. The van der Waals surface area contributed by atoms with E-state index < -0.39 is 17.8 Å². The summed E-state index contributed by atoms with van der Waals surface area (Å²) in [5, 5.41) is 12.0. The first kappa shape index (κ1) is 19.9. The summed E-state index contributed by atoms with van der Waals surface area (Å²) in [6.45, 7) is 2.11. The van der Waals surface area contributed by atoms with Gasteiger partial charge in [-0.1, -0.05) is 22.0 Å². The fraction of sp³-hybridized carbons (Fsp3) is 0.250. The molecule has 0 bridgehead atoms. The van der Waals surface area contributed by atoms with E-state index in [-0.39, 0.29) is 30.1 Å². The van der Waals surface area contributed by atoms with E-state index in [1.165, 1.54) is 24.1 Å². The Labute approximate surface area is 170 Å². The maximum atomic E-state index is 12.7. The predicted molar refractivity (Wildman–Crippen MR) is 108 cm³/mol. The molecular weight excluding hydrogens is 428 g/mol. The number of hydrogen-bond acceptors (Lipinski definition) is 4. The molecule has 2 amide bonds. The lowest BCUT2D eigenvalue weighted by atomic mass is 10.1. The second-order valence-corrected chi connectivity index (χ2v) is 7.48. The lowest BCUT2D eigenvalue weighted by molar-refractivity contribution is -0.122. The summed E-state index contributed by atoms with van der Waals surface area (Å²) in [5.74, 6) is -1.76. The van der Waals surface area contributed by atoms with Crippen LogP contribution in [0.5, 0.6) is 5.75 Å². The van der Waals surface area contributed by atoms with Gasteiger partial charge in [0.25, 0.3) is 0 Å². The van der Waals surface area contributed by atoms with Gasteiger partial charge in [-0.15, -0.1) is 0 Å². The third kappa shape index (κ3) is 4.01. The number of nitrogens with one attached hydrogen (secondary N) is 1. The zero-order valence-corrected chi connectivity index (χ0v) is 16.9. The van der Waals surface area contributed by atoms with Gasteiger partial charge in [-0.05, 0) is 42.8 Å². The van der Waals surface area contributed by atoms with Crippen LogP contribution in [0.2, 0.25) is 0 Å². The second kappa shape index (κ2) is 8.02. The van der Waals surface area contributed by atoms with Crippen molar-refractivity contribution in [1.82, 2.24) is 0 Å². The molecule has 0 spiro atoms. The Kier molecular flexibility index (Phi) is 5.69. The molecule has 7 nitrogen and oxygen atoms in total. The molecule has 1 unspecified atom stereocenters. The Bertz CT molecular complexity index is 960. The number of ether oxygens (including phenoxy) is 1. The molecule has 1 saturated heterocycles. The monoisotopic (exact) mass is 446 g/mol. The van der Waals surface area contributed by atoms with E-state index in [9.17, 15) is 19.5 Å². The van der Waals surface area contributed by atoms with Crippen LogP contribution in [0, 0.1) is 12.8 Å². The maximum Gasteiger partial charge on any atom is 0.337 e. The average Bonchev–Trinajstić information content (AvgIpc) is 3.04. The predicted octanol–water partition coefficient (Wildman–Crippen LogP) is 3.46. The van der Waals surface area contributed by atoms with Crippen molar-refractivity contribution in [2.75, 3.05) is 23.9 Å². The van der Waals surface area contributed by atoms with E-state index in [0.717, 1.165) is 5.56 Å². The number of methoxy groups -OCH3 is 1. The Morgan fingerprint density at radius 2 is 2.00 bits per heavy atom. The number of anilines is 2. The minimum absolute atomic E-state index is 0.0238. The molecule has 0 aromatic heterocycles. The van der Waals surface area contributed by atoms with Gasteiger partial charge in [-0.25, -0.2) is 4.79 Å². The Balaban J connectivity index is 1.80. The SMILES string of the molecule is COc1ccc(C)cc1N1CC(C(=O)Nc2ccc(Br)cc2C(=O)O)CC1=O. The van der Waals surface area contributed by atoms with Crippen LogP contribution >= 0.6 is 15.9 Å². The number of rotatable bonds is 5. The summed E-state index contributed by atoms with van der Waals surface area (Å²) in [7, 11) is 1.53. The zero-order chi connectivity index (χ0) is 20.4. The lowest BCUT2D eigenvalue weighted by Gasteiger charge is -2.20. The van der Waals surface area contributed by atoms with Crippen molar-refractivity contribution in [3.63, 3.8) is 0 Å². The fourth-order valence-corrected chi connectivity index (χ4v) is 3.53. The summed E-state index contributed by atoms with van der Waals surface area (Å²) >= 11 is 3.22. The van der Waals surface area contributed by atoms with Crippen molar-refractivity contribution in [2.45, 2.75) is 13.3 Å². The van der Waals surface area contributed by atoms with Gasteiger partial charge in [0.2, 0.25) is 11.8 Å². The van der Waals surface area contributed by atoms with Gasteiger partial charge >= 0.3 is 5.97 Å². The van der Waals surface area contributed by atoms with Gasteiger partial charge < -0.3 is 20.1 Å². The van der Waals surface area contributed by atoms with Gasteiger partial charge in [0.1, 0.15) is 5.75 Å². The number of carboxylic acid groups (broad SMARTS) is 1. The highest BCUT2D eigenvalue weighted by Gasteiger charge is 2.36. The van der Waals surface area contributed by atoms with E-state index in [1.54, 1.807) is 12.1 Å². The van der Waals surface area contributed by atoms with Crippen LogP contribution in [0.4, 0.5) is 11.4 Å². The minimum Gasteiger partial charge on any atom is -0.495 e. The number of carbonyl (C=O) groups is 3. The van der Waals surface area contributed by atoms with Crippen molar-refractivity contribution in [3.05, 3.63) is 52.0 Å². The topological polar surface area (TPSA) is 95.9 Å². The number of aromatic carboxylic acids is 1. The molecule has 2 aromatic rings. The second-order valence-electron chi connectivity index (χ2n) is 6.57. The van der Waals surface area contributed by atoms with E-state index in [1.807, 2.05) is 19.1 Å². The van der Waals surface area contributed by atoms with Crippen LogP contribution < -0.4 is 15.0 Å². The van der Waals surface area contributed by atoms with Crippen LogP contribution in [-0.2, 0) is 9.59 Å². The molecule has 1 atom stereocenters. The quantitative estimate of drug-likeness (QED) is 0.732. The number of carbonyl (C=O) groups excluding carboxylic acids is 2. The molecule has 146 valence electrons. The molecule has 2 aromatic carbocycles. The molecular formula is C20H19BrN2O5. The van der Waals surface area contributed by atoms with Gasteiger partial charge in [-0.2, -0.15) is 0 Å². The standard InChI is InChI=1S/C20H19BrN2O5/c1-11-3-6-17(28-2)16(7-11)23-10-12(8-18(23)24)19(25)22-15-5-4-13(21)9-14(15)20(26)27/h3-7,9,12H,8,10H2,1-2H3,(H,22,25)(H,26,27). The number of aryl methyl sites for hydroxylation is 1. The van der Waals surface area contributed by atoms with Crippen LogP contribution in [0.1, 0.15) is 22.3 Å². The molecule has 2 N–H and O–H groups in total. The molecule has 0 saturated carbocycles. The number of nitrogens with zero attached hydrogens (tertiary/aromatic N) is 1. The minimum atomic E-state index is -1.15. The van der Waals surface area contributed by atoms with Gasteiger partial charge in [0.05, 0.1) is 30.0 Å². The summed E-state index contributed by atoms with van der Waals surface area (Å²) in [6, 6.07) is 10.1. The first-order valence-corrected chi connectivity index (χ1v) is 9.38. The smallest absolute Gasteiger partial charge is 0.337 e. The third-order valence-corrected chi connectivity index (χ3v) is 5.08. The molecule has 1 fully saturated rings. The number of benzene rings is 2. The fourth-order valence-electron chi connectivity index (χ4n) is 3.16. The Morgan fingerprint density at radius 3 is 2.68 bits per heavy atom. The molecule has 0 aliphatic carbocycles. The number of halogens is 1. The lowest BCUT2D eigenvalue weighted by Crippen LogP contribution is -2.28. The first-order chi connectivity index (χ1) is 13.3. The highest BCUT2D eigenvalue weighted by Crippen LogP contribution is 2.34. The summed E-state index contributed by atoms with van der Waals surface area (Å²) in [4.78, 5) is 38.2. The van der Waals surface area contributed by atoms with Gasteiger partial charge in [-0.3, -0.25) is 9.59 Å². The molecule has 0 radical (unpaired) electrons. The average molecular weight is 447 g/mol. The number of amides is 2. The first-order valence-electron chi connectivity index (χ1n) is 8.59. The Morgan fingerprint density at radius 1 is 1.25 bits per heavy atom. The molecule has 1 aliphatic heterocycles. The Hall–Kier alpha value is -2.87. The van der Waals surface area contributed by atoms with E-state index in [4.69, 9.17) is 4.74 Å². The highest BCUT2D eigenvalue weighted by molar-refractivity contribution is 9.10. The largest absolute Gasteiger partial charge is 0.495 e. The van der Waals surface area contributed by atoms with Gasteiger partial charge in [0.15, 0.2) is 0 Å². The molecule has 1 heterocycles. The molecule has 28 heavy (non-hydrogen) atoms. The maximum absolute atomic E-state index is 12.7. The van der Waals surface area contributed by atoms with Gasteiger partial charge in [0, 0.05) is 17.4 Å². The zero-order valence-electron chi connectivity index (χ0n) is 15.4. The number of carboxylic acids is 1. The van der Waals surface area contributed by atoms with Crippen molar-refractivity contribution in [3.8, 4) is 5.75 Å².